The molecule has 1 N–H and O–H groups in total. The lowest BCUT2D eigenvalue weighted by atomic mass is 9.90. The second-order valence-electron chi connectivity index (χ2n) is 4.58. The minimum atomic E-state index is -3.43. The summed E-state index contributed by atoms with van der Waals surface area (Å²) >= 11 is 0. The summed E-state index contributed by atoms with van der Waals surface area (Å²) in [6, 6.07) is 3.44. The van der Waals surface area contributed by atoms with Crippen LogP contribution in [0, 0.1) is 5.82 Å². The maximum atomic E-state index is 13.4. The van der Waals surface area contributed by atoms with E-state index >= 15 is 0 Å². The Morgan fingerprint density at radius 3 is 2.39 bits per heavy atom. The van der Waals surface area contributed by atoms with E-state index in [1.807, 2.05) is 0 Å². The van der Waals surface area contributed by atoms with Crippen molar-refractivity contribution >= 4 is 9.84 Å². The molecule has 1 saturated heterocycles. The van der Waals surface area contributed by atoms with E-state index in [1.165, 1.54) is 12.1 Å². The summed E-state index contributed by atoms with van der Waals surface area (Å²) in [5.41, 5.74) is 0.297. The number of phenols is 1. The van der Waals surface area contributed by atoms with E-state index in [9.17, 15) is 17.9 Å². The molecule has 1 aromatic carbocycles. The second kappa shape index (κ2) is 4.51. The summed E-state index contributed by atoms with van der Waals surface area (Å²) in [6.45, 7) is 0.620. The van der Waals surface area contributed by atoms with Crippen molar-refractivity contribution < 1.29 is 22.7 Å². The van der Waals surface area contributed by atoms with Gasteiger partial charge in [0.25, 0.3) is 0 Å². The molecule has 0 saturated carbocycles. The molecule has 1 aliphatic rings. The summed E-state index contributed by atoms with van der Waals surface area (Å²) in [6.07, 6.45) is 1.68. The van der Waals surface area contributed by atoms with E-state index in [1.54, 1.807) is 0 Å². The minimum absolute atomic E-state index is 0.264. The number of sulfone groups is 1. The van der Waals surface area contributed by atoms with Crippen LogP contribution in [0.5, 0.6) is 5.75 Å². The van der Waals surface area contributed by atoms with Crippen LogP contribution >= 0.6 is 0 Å². The first-order valence-electron chi connectivity index (χ1n) is 5.62. The zero-order chi connectivity index (χ0) is 13.4. The number of halogens is 1. The number of hydrogen-bond acceptors (Lipinski definition) is 4. The van der Waals surface area contributed by atoms with Gasteiger partial charge >= 0.3 is 0 Å². The first-order chi connectivity index (χ1) is 8.35. The Labute approximate surface area is 105 Å². The normalized spacial score (nSPS) is 19.7. The van der Waals surface area contributed by atoms with Crippen molar-refractivity contribution in [1.82, 2.24) is 0 Å². The van der Waals surface area contributed by atoms with Gasteiger partial charge in [0.05, 0.1) is 0 Å². The fourth-order valence-electron chi connectivity index (χ4n) is 2.41. The van der Waals surface area contributed by atoms with E-state index in [0.29, 0.717) is 18.8 Å². The van der Waals surface area contributed by atoms with Crippen molar-refractivity contribution in [3.8, 4) is 5.75 Å². The molecule has 0 amide bonds. The highest BCUT2D eigenvalue weighted by molar-refractivity contribution is 7.91. The summed E-state index contributed by atoms with van der Waals surface area (Å²) in [4.78, 5) is 0. The molecule has 0 spiro atoms. The van der Waals surface area contributed by atoms with Crippen molar-refractivity contribution in [3.05, 3.63) is 29.6 Å². The zero-order valence-electron chi connectivity index (χ0n) is 10.0. The van der Waals surface area contributed by atoms with E-state index in [4.69, 9.17) is 4.74 Å². The number of benzene rings is 1. The first kappa shape index (κ1) is 13.3. The predicted molar refractivity (Wildman–Crippen MR) is 64.6 cm³/mol. The monoisotopic (exact) mass is 274 g/mol. The highest BCUT2D eigenvalue weighted by Gasteiger charge is 2.44. The van der Waals surface area contributed by atoms with Gasteiger partial charge in [-0.2, -0.15) is 0 Å². The molecule has 0 aromatic heterocycles. The molecule has 100 valence electrons. The van der Waals surface area contributed by atoms with Crippen LogP contribution in [-0.2, 0) is 19.3 Å². The molecule has 0 bridgehead atoms. The van der Waals surface area contributed by atoms with Crippen molar-refractivity contribution in [1.29, 1.82) is 0 Å². The van der Waals surface area contributed by atoms with Crippen LogP contribution in [0.2, 0.25) is 0 Å². The molecule has 0 radical (unpaired) electrons. The third-order valence-electron chi connectivity index (χ3n) is 3.42. The van der Waals surface area contributed by atoms with Crippen LogP contribution in [0.3, 0.4) is 0 Å². The number of phenolic OH excluding ortho intramolecular Hbond substituents is 1. The molecular formula is C12H15FO4S. The maximum Gasteiger partial charge on any atom is 0.157 e. The summed E-state index contributed by atoms with van der Waals surface area (Å²) in [7, 11) is -3.43. The zero-order valence-corrected chi connectivity index (χ0v) is 10.8. The average Bonchev–Trinajstić information content (AvgIpc) is 2.27. The molecule has 1 fully saturated rings. The van der Waals surface area contributed by atoms with Crippen molar-refractivity contribution in [2.45, 2.75) is 17.6 Å². The Bertz CT molecular complexity index is 527. The van der Waals surface area contributed by atoms with E-state index in [0.717, 1.165) is 12.3 Å². The largest absolute Gasteiger partial charge is 0.508 e. The van der Waals surface area contributed by atoms with Gasteiger partial charge in [0.15, 0.2) is 9.84 Å². The smallest absolute Gasteiger partial charge is 0.157 e. The molecule has 0 atom stereocenters. The standard InChI is InChI=1S/C12H15FO4S/c1-18(15,16)12(2-4-17-5-3-12)9-6-10(13)8-11(14)7-9/h6-8,14H,2-5H2,1H3. The van der Waals surface area contributed by atoms with Gasteiger partial charge in [0, 0.05) is 25.5 Å². The van der Waals surface area contributed by atoms with E-state index in [-0.39, 0.29) is 18.6 Å². The van der Waals surface area contributed by atoms with Gasteiger partial charge in [-0.1, -0.05) is 0 Å². The minimum Gasteiger partial charge on any atom is -0.508 e. The van der Waals surface area contributed by atoms with Gasteiger partial charge < -0.3 is 9.84 Å². The summed E-state index contributed by atoms with van der Waals surface area (Å²) in [5.74, 6) is -0.904. The Hall–Kier alpha value is -1.14. The number of aromatic hydroxyl groups is 1. The Morgan fingerprint density at radius 1 is 1.28 bits per heavy atom. The van der Waals surface area contributed by atoms with Crippen LogP contribution in [0.4, 0.5) is 4.39 Å². The highest BCUT2D eigenvalue weighted by Crippen LogP contribution is 2.40. The number of rotatable bonds is 2. The molecule has 18 heavy (non-hydrogen) atoms. The molecule has 4 nitrogen and oxygen atoms in total. The van der Waals surface area contributed by atoms with Crippen LogP contribution in [-0.4, -0.2) is 33.0 Å². The van der Waals surface area contributed by atoms with Gasteiger partial charge in [0.1, 0.15) is 16.3 Å². The van der Waals surface area contributed by atoms with Crippen molar-refractivity contribution in [2.24, 2.45) is 0 Å². The molecule has 2 rings (SSSR count). The van der Waals surface area contributed by atoms with Crippen molar-refractivity contribution in [2.75, 3.05) is 19.5 Å². The van der Waals surface area contributed by atoms with Crippen LogP contribution in [0.1, 0.15) is 18.4 Å². The lowest BCUT2D eigenvalue weighted by molar-refractivity contribution is 0.0741. The summed E-state index contributed by atoms with van der Waals surface area (Å²) < 4.78 is 41.5. The lowest BCUT2D eigenvalue weighted by Gasteiger charge is -2.35. The second-order valence-corrected chi connectivity index (χ2v) is 6.90. The van der Waals surface area contributed by atoms with E-state index in [2.05, 4.69) is 0 Å². The molecule has 1 aliphatic heterocycles. The van der Waals surface area contributed by atoms with Crippen LogP contribution < -0.4 is 0 Å². The quantitative estimate of drug-likeness (QED) is 0.889. The van der Waals surface area contributed by atoms with Gasteiger partial charge in [-0.3, -0.25) is 0 Å². The van der Waals surface area contributed by atoms with Gasteiger partial charge in [0.2, 0.25) is 0 Å². The first-order valence-corrected chi connectivity index (χ1v) is 7.52. The number of hydrogen-bond donors (Lipinski definition) is 1. The molecule has 1 heterocycles. The highest BCUT2D eigenvalue weighted by atomic mass is 32.2. The molecule has 1 aromatic rings. The van der Waals surface area contributed by atoms with Crippen LogP contribution in [0.25, 0.3) is 0 Å². The SMILES string of the molecule is CS(=O)(=O)C1(c2cc(O)cc(F)c2)CCOCC1. The number of ether oxygens (including phenoxy) is 1. The van der Waals surface area contributed by atoms with Gasteiger partial charge in [-0.15, -0.1) is 0 Å². The lowest BCUT2D eigenvalue weighted by Crippen LogP contribution is -2.40. The van der Waals surface area contributed by atoms with Gasteiger partial charge in [-0.25, -0.2) is 12.8 Å². The third kappa shape index (κ3) is 2.22. The Balaban J connectivity index is 2.60. The summed E-state index contributed by atoms with van der Waals surface area (Å²) in [5, 5.41) is 9.44. The van der Waals surface area contributed by atoms with Crippen LogP contribution in [0.15, 0.2) is 18.2 Å². The van der Waals surface area contributed by atoms with Gasteiger partial charge in [-0.05, 0) is 30.5 Å². The van der Waals surface area contributed by atoms with E-state index < -0.39 is 20.4 Å². The molecule has 0 unspecified atom stereocenters. The molecule has 0 aliphatic carbocycles. The Kier molecular flexibility index (Phi) is 3.33. The topological polar surface area (TPSA) is 63.6 Å². The third-order valence-corrected chi connectivity index (χ3v) is 5.48. The molecule has 6 heteroatoms. The Morgan fingerprint density at radius 2 is 1.89 bits per heavy atom. The fraction of sp³-hybridized carbons (Fsp3) is 0.500. The van der Waals surface area contributed by atoms with Crippen molar-refractivity contribution in [3.63, 3.8) is 0 Å². The fourth-order valence-corrected chi connectivity index (χ4v) is 3.87. The predicted octanol–water partition coefficient (Wildman–Crippen LogP) is 1.58. The maximum absolute atomic E-state index is 13.4. The molecular weight excluding hydrogens is 259 g/mol. The average molecular weight is 274 g/mol.